The standard InChI is InChI=1S/C46H41N2S/c1-3-11-31(12-4-1)33-21-23-35(24-22-33)37-15-9-16-38(29-37)39-17-10-18-40(30-39)46-47-43(45-44(48-46)41-19-7-8-20-42(41)49-45)36-27-25-34(26-28-36)32-13-5-2-6-14-32/h1,3,5,7-11,13-25,27,29,39,44-46H,2,4,6,12,26,28,30H2/q-1. The molecule has 0 saturated carbocycles. The van der Waals surface area contributed by atoms with Crippen molar-refractivity contribution in [2.24, 2.45) is 4.99 Å². The number of aliphatic imine (C=N–C) groups is 1. The fourth-order valence-corrected chi connectivity index (χ4v) is 9.56. The molecule has 0 bridgehead atoms. The van der Waals surface area contributed by atoms with Gasteiger partial charge in [-0.1, -0.05) is 151 Å². The lowest BCUT2D eigenvalue weighted by molar-refractivity contribution is 0.672. The first-order valence-corrected chi connectivity index (χ1v) is 18.9. The molecule has 2 heterocycles. The van der Waals surface area contributed by atoms with Gasteiger partial charge in [-0.2, -0.15) is 0 Å². The first kappa shape index (κ1) is 30.6. The van der Waals surface area contributed by atoms with Gasteiger partial charge in [0, 0.05) is 21.8 Å². The zero-order chi connectivity index (χ0) is 32.6. The molecule has 0 spiro atoms. The lowest BCUT2D eigenvalue weighted by Gasteiger charge is -2.46. The lowest BCUT2D eigenvalue weighted by atomic mass is 9.84. The Morgan fingerprint density at radius 1 is 0.694 bits per heavy atom. The fraction of sp³-hybridized carbons (Fsp3) is 0.239. The van der Waals surface area contributed by atoms with Crippen molar-refractivity contribution in [2.75, 3.05) is 0 Å². The van der Waals surface area contributed by atoms with Crippen LogP contribution in [0.3, 0.4) is 0 Å². The number of hydrogen-bond donors (Lipinski definition) is 0. The molecule has 49 heavy (non-hydrogen) atoms. The van der Waals surface area contributed by atoms with Crippen molar-refractivity contribution in [3.8, 4) is 11.1 Å². The zero-order valence-electron chi connectivity index (χ0n) is 27.8. The van der Waals surface area contributed by atoms with Crippen molar-refractivity contribution in [3.05, 3.63) is 184 Å². The van der Waals surface area contributed by atoms with Crippen molar-refractivity contribution in [3.63, 3.8) is 0 Å². The summed E-state index contributed by atoms with van der Waals surface area (Å²) in [6.45, 7) is 0. The Morgan fingerprint density at radius 3 is 2.41 bits per heavy atom. The van der Waals surface area contributed by atoms with Gasteiger partial charge in [0.15, 0.2) is 0 Å². The van der Waals surface area contributed by atoms with Gasteiger partial charge in [0.2, 0.25) is 0 Å². The van der Waals surface area contributed by atoms with Crippen LogP contribution in [0.15, 0.2) is 172 Å². The highest BCUT2D eigenvalue weighted by atomic mass is 32.2. The third-order valence-electron chi connectivity index (χ3n) is 10.8. The van der Waals surface area contributed by atoms with Gasteiger partial charge in [-0.05, 0) is 102 Å². The summed E-state index contributed by atoms with van der Waals surface area (Å²) in [5, 5.41) is 5.75. The van der Waals surface area contributed by atoms with Gasteiger partial charge >= 0.3 is 0 Å². The molecule has 0 fully saturated rings. The van der Waals surface area contributed by atoms with E-state index < -0.39 is 0 Å². The molecule has 9 rings (SSSR count). The Bertz CT molecular complexity index is 2060. The van der Waals surface area contributed by atoms with Crippen LogP contribution in [-0.2, 0) is 0 Å². The maximum Gasteiger partial charge on any atom is 0.0488 e. The second kappa shape index (κ2) is 13.5. The van der Waals surface area contributed by atoms with E-state index in [0.717, 1.165) is 44.9 Å². The molecule has 3 aromatic rings. The highest BCUT2D eigenvalue weighted by molar-refractivity contribution is 8.01. The van der Waals surface area contributed by atoms with E-state index in [9.17, 15) is 0 Å². The third kappa shape index (κ3) is 6.16. The highest BCUT2D eigenvalue weighted by Gasteiger charge is 2.36. The predicted octanol–water partition coefficient (Wildman–Crippen LogP) is 12.3. The number of benzene rings is 3. The molecule has 0 aromatic heterocycles. The van der Waals surface area contributed by atoms with E-state index in [-0.39, 0.29) is 17.5 Å². The topological polar surface area (TPSA) is 26.5 Å². The van der Waals surface area contributed by atoms with Crippen LogP contribution < -0.4 is 0 Å². The van der Waals surface area contributed by atoms with E-state index >= 15 is 0 Å². The van der Waals surface area contributed by atoms with Gasteiger partial charge < -0.3 is 10.3 Å². The van der Waals surface area contributed by atoms with Gasteiger partial charge in [0.1, 0.15) is 0 Å². The zero-order valence-corrected chi connectivity index (χ0v) is 28.7. The Morgan fingerprint density at radius 2 is 1.57 bits per heavy atom. The molecule has 3 heteroatoms. The van der Waals surface area contributed by atoms with Gasteiger partial charge in [-0.25, -0.2) is 0 Å². The Balaban J connectivity index is 0.983. The second-order valence-corrected chi connectivity index (χ2v) is 15.1. The van der Waals surface area contributed by atoms with Crippen LogP contribution in [-0.4, -0.2) is 17.1 Å². The second-order valence-electron chi connectivity index (χ2n) is 13.9. The quantitative estimate of drug-likeness (QED) is 0.260. The number of allylic oxidation sites excluding steroid dienone is 15. The van der Waals surface area contributed by atoms with E-state index in [1.807, 2.05) is 11.8 Å². The summed E-state index contributed by atoms with van der Waals surface area (Å²) in [6.07, 6.45) is 32.7. The Hall–Kier alpha value is -4.44. The van der Waals surface area contributed by atoms with Crippen molar-refractivity contribution in [1.29, 1.82) is 0 Å². The van der Waals surface area contributed by atoms with Gasteiger partial charge in [-0.3, -0.25) is 0 Å². The predicted molar refractivity (Wildman–Crippen MR) is 208 cm³/mol. The molecule has 0 radical (unpaired) electrons. The molecule has 242 valence electrons. The van der Waals surface area contributed by atoms with Crippen molar-refractivity contribution in [2.45, 2.75) is 73.2 Å². The number of fused-ring (bicyclic) bond motifs is 3. The molecule has 2 nitrogen and oxygen atoms in total. The minimum atomic E-state index is -0.162. The first-order valence-electron chi connectivity index (χ1n) is 18.0. The number of nitrogens with zero attached hydrogens (tertiary/aromatic N) is 2. The van der Waals surface area contributed by atoms with E-state index in [1.54, 1.807) is 0 Å². The number of rotatable bonds is 6. The molecule has 0 N–H and O–H groups in total. The molecule has 3 aromatic carbocycles. The molecule has 0 saturated heterocycles. The van der Waals surface area contributed by atoms with Crippen molar-refractivity contribution < 1.29 is 0 Å². The Labute approximate surface area is 295 Å². The molecule has 4 atom stereocenters. The van der Waals surface area contributed by atoms with Crippen LogP contribution in [0.5, 0.6) is 0 Å². The highest BCUT2D eigenvalue weighted by Crippen LogP contribution is 2.54. The van der Waals surface area contributed by atoms with Crippen LogP contribution in [0.25, 0.3) is 22.0 Å². The summed E-state index contributed by atoms with van der Waals surface area (Å²) in [6, 6.07) is 27.3. The maximum absolute atomic E-state index is 5.52. The smallest absolute Gasteiger partial charge is 0.0488 e. The van der Waals surface area contributed by atoms with Crippen LogP contribution in [0.4, 0.5) is 0 Å². The van der Waals surface area contributed by atoms with Gasteiger partial charge in [0.25, 0.3) is 0 Å². The normalized spacial score (nSPS) is 25.7. The average molecular weight is 654 g/mol. The number of hydrogen-bond acceptors (Lipinski definition) is 2. The fourth-order valence-electron chi connectivity index (χ4n) is 8.13. The van der Waals surface area contributed by atoms with Gasteiger partial charge in [0.05, 0.1) is 0 Å². The molecule has 0 amide bonds. The maximum atomic E-state index is 5.52. The van der Waals surface area contributed by atoms with Crippen molar-refractivity contribution >= 4 is 23.0 Å². The van der Waals surface area contributed by atoms with Crippen LogP contribution >= 0.6 is 11.8 Å². The van der Waals surface area contributed by atoms with Crippen LogP contribution in [0.1, 0.15) is 73.6 Å². The molecule has 2 aliphatic heterocycles. The van der Waals surface area contributed by atoms with Crippen molar-refractivity contribution in [1.82, 2.24) is 0 Å². The summed E-state index contributed by atoms with van der Waals surface area (Å²) in [5.74, 6) is 0.298. The van der Waals surface area contributed by atoms with E-state index in [0.29, 0.717) is 5.92 Å². The van der Waals surface area contributed by atoms with E-state index in [2.05, 4.69) is 140 Å². The lowest BCUT2D eigenvalue weighted by Crippen LogP contribution is -2.33. The first-order chi connectivity index (χ1) is 24.3. The molecule has 4 aliphatic carbocycles. The summed E-state index contributed by atoms with van der Waals surface area (Å²) in [4.78, 5) is 6.88. The molecular weight excluding hydrogens is 613 g/mol. The average Bonchev–Trinajstić information content (AvgIpc) is 3.57. The Kier molecular flexibility index (Phi) is 8.41. The largest absolute Gasteiger partial charge is 0.629 e. The summed E-state index contributed by atoms with van der Waals surface area (Å²) >= 11 is 1.96. The monoisotopic (exact) mass is 653 g/mol. The SMILES string of the molecule is C1=CCCC(c2ccc(-c3cccc(C4C=CC=C(C5N=C(C6=CC=C(C7=CCCC=C7)CC6)C6Sc7ccccc7C6[N-]5)C4)c3)cc2)=C1. The molecule has 6 aliphatic rings. The molecule has 4 unspecified atom stereocenters. The summed E-state index contributed by atoms with van der Waals surface area (Å²) < 4.78 is 0. The van der Waals surface area contributed by atoms with Crippen LogP contribution in [0, 0.1) is 0 Å². The van der Waals surface area contributed by atoms with E-state index in [4.69, 9.17) is 10.3 Å². The minimum absolute atomic E-state index is 0.130. The third-order valence-corrected chi connectivity index (χ3v) is 12.2. The summed E-state index contributed by atoms with van der Waals surface area (Å²) in [5.41, 5.74) is 14.8. The minimum Gasteiger partial charge on any atom is -0.629 e. The van der Waals surface area contributed by atoms with Gasteiger partial charge in [-0.15, -0.1) is 11.8 Å². The van der Waals surface area contributed by atoms with E-state index in [1.165, 1.54) is 66.3 Å². The van der Waals surface area contributed by atoms with Crippen LogP contribution in [0.2, 0.25) is 0 Å². The molecular formula is C46H41N2S-. The summed E-state index contributed by atoms with van der Waals surface area (Å²) in [7, 11) is 0. The number of thioether (sulfide) groups is 1.